The summed E-state index contributed by atoms with van der Waals surface area (Å²) >= 11 is 0. The van der Waals surface area contributed by atoms with E-state index in [1.165, 1.54) is 0 Å². The molecule has 4 amide bonds. The number of hydrogen-bond acceptors (Lipinski definition) is 11. The first-order valence-electron chi connectivity index (χ1n) is 14.6. The number of carbonyl (C=O) groups excluding carboxylic acids is 4. The van der Waals surface area contributed by atoms with Crippen molar-refractivity contribution >= 4 is 29.8 Å². The number of nitriles is 1. The van der Waals surface area contributed by atoms with Crippen LogP contribution >= 0.6 is 0 Å². The number of aliphatic carboxylic acids is 1. The molecular formula is C30H45N5O11. The summed E-state index contributed by atoms with van der Waals surface area (Å²) in [5.41, 5.74) is -0.490. The largest absolute Gasteiger partial charge is 0.481 e. The summed E-state index contributed by atoms with van der Waals surface area (Å²) in [6, 6.07) is 4.32. The van der Waals surface area contributed by atoms with Gasteiger partial charge >= 0.3 is 12.1 Å². The van der Waals surface area contributed by atoms with Gasteiger partial charge in [-0.3, -0.25) is 19.2 Å². The zero-order chi connectivity index (χ0) is 35.2. The van der Waals surface area contributed by atoms with Crippen LogP contribution in [0.25, 0.3) is 0 Å². The van der Waals surface area contributed by atoms with Crippen molar-refractivity contribution in [3.05, 3.63) is 35.9 Å². The maximum Gasteiger partial charge on any atom is 0.408 e. The van der Waals surface area contributed by atoms with Gasteiger partial charge in [-0.15, -0.1) is 0 Å². The van der Waals surface area contributed by atoms with E-state index >= 15 is 0 Å². The summed E-state index contributed by atoms with van der Waals surface area (Å²) in [6.07, 6.45) is -8.61. The van der Waals surface area contributed by atoms with E-state index in [0.29, 0.717) is 5.56 Å². The Bertz CT molecular complexity index is 1220. The van der Waals surface area contributed by atoms with Gasteiger partial charge in [-0.05, 0) is 38.7 Å². The minimum atomic E-state index is -2.31. The summed E-state index contributed by atoms with van der Waals surface area (Å²) in [5.74, 6) is -4.48. The second kappa shape index (κ2) is 18.6. The van der Waals surface area contributed by atoms with E-state index in [-0.39, 0.29) is 12.3 Å². The Morgan fingerprint density at radius 3 is 1.96 bits per heavy atom. The number of rotatable bonds is 17. The molecule has 0 aromatic heterocycles. The van der Waals surface area contributed by atoms with Gasteiger partial charge in [-0.2, -0.15) is 5.26 Å². The van der Waals surface area contributed by atoms with Gasteiger partial charge in [0.1, 0.15) is 29.9 Å². The number of benzene rings is 1. The van der Waals surface area contributed by atoms with Crippen molar-refractivity contribution in [3.63, 3.8) is 0 Å². The lowest BCUT2D eigenvalue weighted by molar-refractivity contribution is -0.145. The molecule has 16 nitrogen and oxygen atoms in total. The van der Waals surface area contributed by atoms with Crippen LogP contribution in [0.3, 0.4) is 0 Å². The van der Waals surface area contributed by atoms with Crippen molar-refractivity contribution in [2.75, 3.05) is 6.61 Å². The molecule has 0 saturated heterocycles. The van der Waals surface area contributed by atoms with Crippen molar-refractivity contribution in [2.45, 2.75) is 102 Å². The van der Waals surface area contributed by atoms with Crippen LogP contribution in [-0.4, -0.2) is 104 Å². The number of aliphatic hydroxyl groups is 4. The van der Waals surface area contributed by atoms with E-state index < -0.39 is 97.3 Å². The summed E-state index contributed by atoms with van der Waals surface area (Å²) in [5, 5.41) is 69.3. The topological polar surface area (TPSA) is 268 Å². The predicted molar refractivity (Wildman–Crippen MR) is 161 cm³/mol. The fraction of sp³-hybridized carbons (Fsp3) is 0.600. The highest BCUT2D eigenvalue weighted by Gasteiger charge is 2.38. The Kier molecular flexibility index (Phi) is 16.1. The number of alkyl carbamates (subject to hydrolysis) is 1. The second-order valence-electron chi connectivity index (χ2n) is 12.0. The third-order valence-corrected chi connectivity index (χ3v) is 6.42. The quantitative estimate of drug-likeness (QED) is 0.100. The standard InChI is InChI=1S/C30H45N5O11/c1-16(2)13-20(33-26(42)18(11-12-31)35-29(45)46-30(3,4)5)27(43)34-21(15-36)23(39)24(40)25(41)28(44)32-19(14-22(37)38)17-9-7-6-8-10-17/h6-10,16,18-21,23-25,36,39-41H,11,13-15H2,1-5H3,(H,32,44)(H,33,42)(H,34,43)(H,35,45)(H,37,38)/t18-,19-,20-,21-,23+,24+,25-/m0/s1. The van der Waals surface area contributed by atoms with Crippen molar-refractivity contribution in [1.82, 2.24) is 21.3 Å². The van der Waals surface area contributed by atoms with Gasteiger partial charge in [-0.25, -0.2) is 4.79 Å². The predicted octanol–water partition coefficient (Wildman–Crippen LogP) is -0.784. The number of carbonyl (C=O) groups is 5. The summed E-state index contributed by atoms with van der Waals surface area (Å²) in [6.45, 7) is 7.31. The minimum Gasteiger partial charge on any atom is -0.481 e. The van der Waals surface area contributed by atoms with E-state index in [4.69, 9.17) is 10.00 Å². The van der Waals surface area contributed by atoms with E-state index in [1.807, 2.05) is 0 Å². The van der Waals surface area contributed by atoms with Crippen LogP contribution in [0, 0.1) is 17.2 Å². The van der Waals surface area contributed by atoms with Crippen molar-refractivity contribution in [2.24, 2.45) is 5.92 Å². The molecule has 9 N–H and O–H groups in total. The van der Waals surface area contributed by atoms with Gasteiger partial charge in [-0.1, -0.05) is 44.2 Å². The molecule has 0 bridgehead atoms. The number of nitrogens with zero attached hydrogens (tertiary/aromatic N) is 1. The lowest BCUT2D eigenvalue weighted by atomic mass is 9.98. The highest BCUT2D eigenvalue weighted by atomic mass is 16.6. The molecule has 256 valence electrons. The van der Waals surface area contributed by atoms with Gasteiger partial charge in [0.25, 0.3) is 5.91 Å². The molecule has 1 aromatic carbocycles. The highest BCUT2D eigenvalue weighted by molar-refractivity contribution is 5.91. The number of aliphatic hydroxyl groups excluding tert-OH is 4. The zero-order valence-corrected chi connectivity index (χ0v) is 26.5. The Hall–Kier alpha value is -4.30. The van der Waals surface area contributed by atoms with Crippen LogP contribution in [0.15, 0.2) is 30.3 Å². The molecule has 1 rings (SSSR count). The molecule has 7 atom stereocenters. The van der Waals surface area contributed by atoms with Crippen LogP contribution in [0.2, 0.25) is 0 Å². The van der Waals surface area contributed by atoms with Gasteiger partial charge in [0.2, 0.25) is 11.8 Å². The minimum absolute atomic E-state index is 0.0373. The van der Waals surface area contributed by atoms with Crippen LogP contribution in [-0.2, 0) is 23.9 Å². The number of nitrogens with one attached hydrogen (secondary N) is 4. The summed E-state index contributed by atoms with van der Waals surface area (Å²) in [7, 11) is 0. The maximum atomic E-state index is 13.2. The molecule has 46 heavy (non-hydrogen) atoms. The smallest absolute Gasteiger partial charge is 0.408 e. The molecule has 16 heteroatoms. The molecule has 1 aromatic rings. The molecule has 0 aliphatic heterocycles. The van der Waals surface area contributed by atoms with Gasteiger partial charge in [0, 0.05) is 0 Å². The SMILES string of the molecule is CC(C)C[C@H](NC(=O)[C@H](CC#N)NC(=O)OC(C)(C)C)C(=O)N[C@@H](CO)[C@@H](O)[C@@H](O)[C@H](O)C(=O)N[C@@H](CC(=O)O)c1ccccc1. The van der Waals surface area contributed by atoms with Crippen LogP contribution < -0.4 is 21.3 Å². The second-order valence-corrected chi connectivity index (χ2v) is 12.0. The first-order valence-corrected chi connectivity index (χ1v) is 14.6. The third kappa shape index (κ3) is 13.8. The average molecular weight is 652 g/mol. The monoisotopic (exact) mass is 651 g/mol. The number of carboxylic acid groups (broad SMARTS) is 1. The van der Waals surface area contributed by atoms with Crippen LogP contribution in [0.4, 0.5) is 4.79 Å². The molecule has 0 radical (unpaired) electrons. The fourth-order valence-electron chi connectivity index (χ4n) is 4.20. The van der Waals surface area contributed by atoms with Crippen LogP contribution in [0.5, 0.6) is 0 Å². The summed E-state index contributed by atoms with van der Waals surface area (Å²) < 4.78 is 5.12. The number of ether oxygens (including phenoxy) is 1. The normalized spacial score (nSPS) is 15.9. The first-order chi connectivity index (χ1) is 21.4. The molecule has 0 heterocycles. The Labute approximate surface area is 267 Å². The molecule has 0 spiro atoms. The molecule has 0 unspecified atom stereocenters. The van der Waals surface area contributed by atoms with Crippen molar-refractivity contribution in [1.29, 1.82) is 5.26 Å². The lowest BCUT2D eigenvalue weighted by Crippen LogP contribution is -2.60. The Morgan fingerprint density at radius 2 is 1.46 bits per heavy atom. The molecule has 0 saturated carbocycles. The van der Waals surface area contributed by atoms with E-state index in [1.54, 1.807) is 71.0 Å². The van der Waals surface area contributed by atoms with Gasteiger partial charge in [0.05, 0.1) is 37.6 Å². The van der Waals surface area contributed by atoms with E-state index in [2.05, 4.69) is 21.3 Å². The molecule has 0 fully saturated rings. The fourth-order valence-corrected chi connectivity index (χ4v) is 4.20. The number of carboxylic acids is 1. The molecule has 0 aliphatic rings. The highest BCUT2D eigenvalue weighted by Crippen LogP contribution is 2.18. The third-order valence-electron chi connectivity index (χ3n) is 6.42. The molecular weight excluding hydrogens is 606 g/mol. The van der Waals surface area contributed by atoms with E-state index in [0.717, 1.165) is 0 Å². The van der Waals surface area contributed by atoms with Crippen molar-refractivity contribution in [3.8, 4) is 6.07 Å². The Balaban J connectivity index is 3.03. The Morgan fingerprint density at radius 1 is 0.870 bits per heavy atom. The lowest BCUT2D eigenvalue weighted by Gasteiger charge is -2.31. The van der Waals surface area contributed by atoms with Crippen molar-refractivity contribution < 1.29 is 54.2 Å². The maximum absolute atomic E-state index is 13.2. The van der Waals surface area contributed by atoms with E-state index in [9.17, 15) is 49.5 Å². The number of hydrogen-bond donors (Lipinski definition) is 9. The number of amides is 4. The summed E-state index contributed by atoms with van der Waals surface area (Å²) in [4.78, 5) is 62.4. The molecule has 0 aliphatic carbocycles. The first kappa shape index (κ1) is 39.7. The van der Waals surface area contributed by atoms with Crippen LogP contribution in [0.1, 0.15) is 65.5 Å². The van der Waals surface area contributed by atoms with Gasteiger partial charge < -0.3 is 51.5 Å². The average Bonchev–Trinajstić information content (AvgIpc) is 2.96. The zero-order valence-electron chi connectivity index (χ0n) is 26.5. The van der Waals surface area contributed by atoms with Gasteiger partial charge in [0.15, 0.2) is 6.10 Å².